The highest BCUT2D eigenvalue weighted by Gasteiger charge is 2.17. The molecule has 0 amide bonds. The van der Waals surface area contributed by atoms with E-state index < -0.39 is 0 Å². The molecule has 54 heavy (non-hydrogen) atoms. The van der Waals surface area contributed by atoms with Crippen LogP contribution in [-0.2, 0) is 0 Å². The third-order valence-electron chi connectivity index (χ3n) is 10.6. The largest absolute Gasteiger partial charge is 0.456 e. The molecular weight excluding hydrogens is 659 g/mol. The first-order valence-electron chi connectivity index (χ1n) is 18.2. The lowest BCUT2D eigenvalue weighted by Gasteiger charge is -2.12. The van der Waals surface area contributed by atoms with E-state index in [0.29, 0.717) is 0 Å². The molecular formula is C50H31N3O. The maximum Gasteiger partial charge on any atom is 0.160 e. The third-order valence-corrected chi connectivity index (χ3v) is 10.6. The van der Waals surface area contributed by atoms with E-state index >= 15 is 0 Å². The number of furan rings is 1. The Kier molecular flexibility index (Phi) is 6.82. The van der Waals surface area contributed by atoms with Crippen LogP contribution in [0.4, 0.5) is 0 Å². The van der Waals surface area contributed by atoms with Crippen LogP contribution in [0.15, 0.2) is 192 Å². The van der Waals surface area contributed by atoms with Crippen molar-refractivity contribution < 1.29 is 4.42 Å². The molecule has 0 bridgehead atoms. The summed E-state index contributed by atoms with van der Waals surface area (Å²) in [6, 6.07) is 66.2. The fourth-order valence-corrected chi connectivity index (χ4v) is 7.98. The first-order chi connectivity index (χ1) is 26.7. The second kappa shape index (κ2) is 12.1. The summed E-state index contributed by atoms with van der Waals surface area (Å²) in [4.78, 5) is 10.2. The summed E-state index contributed by atoms with van der Waals surface area (Å²) in [7, 11) is 0. The number of nitrogens with zero attached hydrogens (tertiary/aromatic N) is 3. The van der Waals surface area contributed by atoms with E-state index in [-0.39, 0.29) is 0 Å². The van der Waals surface area contributed by atoms with E-state index in [4.69, 9.17) is 14.4 Å². The van der Waals surface area contributed by atoms with E-state index in [1.54, 1.807) is 0 Å². The van der Waals surface area contributed by atoms with Crippen LogP contribution >= 0.6 is 0 Å². The van der Waals surface area contributed by atoms with Crippen LogP contribution in [0.2, 0.25) is 0 Å². The number of aromatic nitrogens is 3. The normalized spacial score (nSPS) is 11.7. The maximum atomic E-state index is 6.28. The minimum absolute atomic E-state index is 0.722. The minimum Gasteiger partial charge on any atom is -0.456 e. The van der Waals surface area contributed by atoms with Crippen LogP contribution in [0.3, 0.4) is 0 Å². The van der Waals surface area contributed by atoms with Crippen molar-refractivity contribution in [1.82, 2.24) is 14.5 Å². The molecule has 0 spiro atoms. The van der Waals surface area contributed by atoms with Crippen LogP contribution in [0.5, 0.6) is 0 Å². The predicted molar refractivity (Wildman–Crippen MR) is 223 cm³/mol. The molecule has 0 aliphatic heterocycles. The average molecular weight is 690 g/mol. The van der Waals surface area contributed by atoms with Gasteiger partial charge in [0.1, 0.15) is 11.2 Å². The summed E-state index contributed by atoms with van der Waals surface area (Å²) >= 11 is 0. The molecule has 11 aromatic rings. The van der Waals surface area contributed by atoms with Gasteiger partial charge in [0, 0.05) is 43.7 Å². The molecule has 0 saturated heterocycles. The van der Waals surface area contributed by atoms with Gasteiger partial charge in [0.2, 0.25) is 0 Å². The minimum atomic E-state index is 0.722. The van der Waals surface area contributed by atoms with Gasteiger partial charge in [-0.05, 0) is 89.0 Å². The van der Waals surface area contributed by atoms with Crippen molar-refractivity contribution in [1.29, 1.82) is 0 Å². The van der Waals surface area contributed by atoms with Gasteiger partial charge in [-0.15, -0.1) is 0 Å². The summed E-state index contributed by atoms with van der Waals surface area (Å²) < 4.78 is 8.65. The molecule has 0 saturated carbocycles. The van der Waals surface area contributed by atoms with Crippen LogP contribution < -0.4 is 0 Å². The lowest BCUT2D eigenvalue weighted by Crippen LogP contribution is -1.95. The van der Waals surface area contributed by atoms with Crippen LogP contribution in [-0.4, -0.2) is 14.5 Å². The molecule has 0 N–H and O–H groups in total. The zero-order chi connectivity index (χ0) is 35.6. The van der Waals surface area contributed by atoms with E-state index in [9.17, 15) is 0 Å². The Labute approximate surface area is 311 Å². The molecule has 4 nitrogen and oxygen atoms in total. The van der Waals surface area contributed by atoms with Crippen molar-refractivity contribution in [2.24, 2.45) is 0 Å². The van der Waals surface area contributed by atoms with Gasteiger partial charge in [-0.1, -0.05) is 121 Å². The first kappa shape index (κ1) is 30.3. The fraction of sp³-hybridized carbons (Fsp3) is 0. The van der Waals surface area contributed by atoms with Crippen LogP contribution in [0, 0.1) is 0 Å². The zero-order valence-electron chi connectivity index (χ0n) is 29.1. The molecule has 3 heterocycles. The molecule has 0 atom stereocenters. The number of para-hydroxylation sites is 2. The Bertz CT molecular complexity index is 3200. The average Bonchev–Trinajstić information content (AvgIpc) is 3.78. The lowest BCUT2D eigenvalue weighted by atomic mass is 9.97. The summed E-state index contributed by atoms with van der Waals surface area (Å²) in [6.45, 7) is 0. The smallest absolute Gasteiger partial charge is 0.160 e. The van der Waals surface area contributed by atoms with E-state index in [1.165, 1.54) is 10.8 Å². The Morgan fingerprint density at radius 1 is 0.352 bits per heavy atom. The molecule has 4 heteroatoms. The van der Waals surface area contributed by atoms with Gasteiger partial charge in [-0.2, -0.15) is 0 Å². The molecule has 0 aliphatic carbocycles. The highest BCUT2D eigenvalue weighted by Crippen LogP contribution is 2.39. The number of benzene rings is 8. The monoisotopic (exact) mass is 689 g/mol. The lowest BCUT2D eigenvalue weighted by molar-refractivity contribution is 0.669. The summed E-state index contributed by atoms with van der Waals surface area (Å²) in [6.07, 6.45) is 0. The van der Waals surface area contributed by atoms with Gasteiger partial charge in [-0.25, -0.2) is 9.97 Å². The maximum absolute atomic E-state index is 6.28. The molecule has 3 aromatic heterocycles. The van der Waals surface area contributed by atoms with Gasteiger partial charge in [-0.3, -0.25) is 0 Å². The highest BCUT2D eigenvalue weighted by atomic mass is 16.3. The van der Waals surface area contributed by atoms with Crippen molar-refractivity contribution in [3.63, 3.8) is 0 Å². The molecule has 252 valence electrons. The predicted octanol–water partition coefficient (Wildman–Crippen LogP) is 13.3. The quantitative estimate of drug-likeness (QED) is 0.181. The number of hydrogen-bond donors (Lipinski definition) is 0. The van der Waals surface area contributed by atoms with Crippen LogP contribution in [0.1, 0.15) is 0 Å². The van der Waals surface area contributed by atoms with Crippen molar-refractivity contribution >= 4 is 54.6 Å². The van der Waals surface area contributed by atoms with Gasteiger partial charge >= 0.3 is 0 Å². The Morgan fingerprint density at radius 3 is 1.59 bits per heavy atom. The third kappa shape index (κ3) is 4.92. The van der Waals surface area contributed by atoms with E-state index in [2.05, 4.69) is 156 Å². The van der Waals surface area contributed by atoms with Crippen molar-refractivity contribution in [2.75, 3.05) is 0 Å². The van der Waals surface area contributed by atoms with Crippen molar-refractivity contribution in [3.8, 4) is 50.6 Å². The Morgan fingerprint density at radius 2 is 0.889 bits per heavy atom. The summed E-state index contributed by atoms with van der Waals surface area (Å²) in [5, 5.41) is 5.68. The SMILES string of the molecule is c1ccc(-c2nc(-c3ccccc3)c3cc(-c4ccc5c(c4)c4cc(-c6ccc7c(c6)oc6ccccc67)ccc4n5-c4ccccc4)ccc3n2)cc1. The van der Waals surface area contributed by atoms with E-state index in [0.717, 1.165) is 94.5 Å². The molecule has 11 rings (SSSR count). The molecule has 0 unspecified atom stereocenters. The van der Waals surface area contributed by atoms with Gasteiger partial charge in [0.25, 0.3) is 0 Å². The number of fused-ring (bicyclic) bond motifs is 7. The molecule has 0 fully saturated rings. The van der Waals surface area contributed by atoms with Crippen molar-refractivity contribution in [2.45, 2.75) is 0 Å². The zero-order valence-corrected chi connectivity index (χ0v) is 29.1. The summed E-state index contributed by atoms with van der Waals surface area (Å²) in [5.41, 5.74) is 13.7. The standard InChI is InChI=1S/C50H31N3O/c1-4-12-32(13-5-1)49-43-30-34(21-25-44(43)51-50(52-49)33-14-6-2-7-15-33)35-22-26-45-41(28-35)42-29-36(23-27-46(42)53(45)38-16-8-3-9-17-38)37-20-24-40-39-18-10-11-19-47(39)54-48(40)31-37/h1-31H. The second-order valence-corrected chi connectivity index (χ2v) is 13.8. The molecule has 0 radical (unpaired) electrons. The van der Waals surface area contributed by atoms with Gasteiger partial charge < -0.3 is 8.98 Å². The summed E-state index contributed by atoms with van der Waals surface area (Å²) in [5.74, 6) is 0.722. The second-order valence-electron chi connectivity index (χ2n) is 13.8. The van der Waals surface area contributed by atoms with E-state index in [1.807, 2.05) is 36.4 Å². The number of rotatable bonds is 5. The van der Waals surface area contributed by atoms with Crippen LogP contribution in [0.25, 0.3) is 105 Å². The molecule has 8 aromatic carbocycles. The highest BCUT2D eigenvalue weighted by molar-refractivity contribution is 6.12. The number of hydrogen-bond acceptors (Lipinski definition) is 3. The van der Waals surface area contributed by atoms with Gasteiger partial charge in [0.15, 0.2) is 5.82 Å². The van der Waals surface area contributed by atoms with Crippen molar-refractivity contribution in [3.05, 3.63) is 188 Å². The molecule has 0 aliphatic rings. The fourth-order valence-electron chi connectivity index (χ4n) is 7.98. The Balaban J connectivity index is 1.10. The van der Waals surface area contributed by atoms with Gasteiger partial charge in [0.05, 0.1) is 22.2 Å². The Hall–Kier alpha value is -7.30. The topological polar surface area (TPSA) is 43.9 Å². The first-order valence-corrected chi connectivity index (χ1v) is 18.2.